The van der Waals surface area contributed by atoms with Crippen molar-refractivity contribution in [2.75, 3.05) is 73.8 Å². The summed E-state index contributed by atoms with van der Waals surface area (Å²) >= 11 is 22.1. The topological polar surface area (TPSA) is 312 Å². The average Bonchev–Trinajstić information content (AvgIpc) is 1.16. The van der Waals surface area contributed by atoms with Gasteiger partial charge in [0.15, 0.2) is 22.6 Å². The number of hydrogen-bond acceptors (Lipinski definition) is 22. The fourth-order valence-corrected chi connectivity index (χ4v) is 18.6. The molecule has 2 N–H and O–H groups in total. The van der Waals surface area contributed by atoms with Gasteiger partial charge in [0.1, 0.15) is 29.1 Å². The highest BCUT2D eigenvalue weighted by Gasteiger charge is 2.40. The van der Waals surface area contributed by atoms with Crippen LogP contribution in [0.25, 0.3) is 83.9 Å². The molecule has 6 unspecified atom stereocenters. The van der Waals surface area contributed by atoms with Gasteiger partial charge in [0.25, 0.3) is 5.91 Å². The van der Waals surface area contributed by atoms with Gasteiger partial charge in [-0.2, -0.15) is 26.3 Å². The van der Waals surface area contributed by atoms with E-state index in [9.17, 15) is 33.6 Å². The molecule has 12 aromatic rings. The molecule has 28 nitrogen and oxygen atoms in total. The van der Waals surface area contributed by atoms with Gasteiger partial charge in [0.05, 0.1) is 82.5 Å². The van der Waals surface area contributed by atoms with Gasteiger partial charge in [-0.1, -0.05) is 134 Å². The van der Waals surface area contributed by atoms with Crippen LogP contribution in [0.4, 0.5) is 32.2 Å². The number of rotatable bonds is 17. The molecule has 3 aliphatic rings. The fraction of sp³-hybridized carbons (Fsp3) is 0.358. The average molecular weight is 1830 g/mol. The number of fused-ring (bicyclic) bond motifs is 3. The number of aromatic nitrogens is 13. The third-order valence-electron chi connectivity index (χ3n) is 23.5. The third-order valence-corrected chi connectivity index (χ3v) is 25.3. The van der Waals surface area contributed by atoms with E-state index in [1.807, 2.05) is 124 Å². The van der Waals surface area contributed by atoms with Crippen LogP contribution in [-0.2, 0) is 14.4 Å². The van der Waals surface area contributed by atoms with Crippen LogP contribution in [0.1, 0.15) is 165 Å². The number of nitrogens with two attached hydrogens (primary N) is 1. The van der Waals surface area contributed by atoms with Crippen molar-refractivity contribution in [1.29, 1.82) is 0 Å². The molecule has 0 aliphatic carbocycles. The van der Waals surface area contributed by atoms with Crippen LogP contribution in [0.15, 0.2) is 154 Å². The molecule has 13 heterocycles. The summed E-state index contributed by atoms with van der Waals surface area (Å²) in [6.45, 7) is 44.9. The first-order valence-corrected chi connectivity index (χ1v) is 44.7. The second-order valence-electron chi connectivity index (χ2n) is 34.3. The lowest BCUT2D eigenvalue weighted by Crippen LogP contribution is -2.58. The van der Waals surface area contributed by atoms with Gasteiger partial charge in [-0.3, -0.25) is 24.2 Å². The van der Waals surface area contributed by atoms with Crippen LogP contribution >= 0.6 is 46.1 Å². The first kappa shape index (κ1) is 94.0. The first-order chi connectivity index (χ1) is 61.2. The monoisotopic (exact) mass is 1830 g/mol. The van der Waals surface area contributed by atoms with E-state index in [-0.39, 0.29) is 139 Å². The van der Waals surface area contributed by atoms with Crippen molar-refractivity contribution in [3.8, 4) is 50.8 Å². The standard InChI is InChI=1S/C33H35ClFN7O3.C32H36ClFN8O2.C30H33ClN6O2S/c1-8-26(43)40-16-20(5)41(17-19(40)4)30-23-15-24(34)27(22-11-9-10-12-25(22)35)37-31(23)42(33(45)38-30)29-21(18(2)3)13-14-36-28(29)32(44)39(6)7;1-8-24(43)40-14-19(7)41(15-18(40)6)29-21-13-22(33)27(20-11-9-10-12-23(20)34)36-30(21)42(32(44)39-29)28-25(16(2)3)37-31(35)38-26(28)17(4)5;1-8-24(38)35-12-20(7)36(13-19(35)6)28-21-11-23(31)26(22-15-40-14-18(22)5)33-29(21)37(30(39)34-28)27-17(4)9-10-32-25(27)16(2)3/h8-15,18-20H,1,16-17H2,2-7H3;8-13,16-19H,1,14-15H2,2-7H3,(H2,35,37,38);8-11,14-16,19-20H,1,12-13H2,2-7H3. The summed E-state index contributed by atoms with van der Waals surface area (Å²) in [5, 5.41) is 6.48. The van der Waals surface area contributed by atoms with Gasteiger partial charge in [0, 0.05) is 124 Å². The molecular formula is C95H104Cl3F2N21O7S. The number of thiophene rings is 1. The Morgan fingerprint density at radius 3 is 1.17 bits per heavy atom. The number of carbonyl (C=O) groups excluding carboxylic acids is 4. The summed E-state index contributed by atoms with van der Waals surface area (Å²) in [6.07, 6.45) is 7.23. The molecule has 2 aromatic carbocycles. The van der Waals surface area contributed by atoms with E-state index in [4.69, 9.17) is 55.5 Å². The Labute approximate surface area is 765 Å². The molecule has 129 heavy (non-hydrogen) atoms. The highest BCUT2D eigenvalue weighted by atomic mass is 35.5. The molecule has 3 aliphatic heterocycles. The van der Waals surface area contributed by atoms with Gasteiger partial charge in [-0.25, -0.2) is 66.8 Å². The number of carbonyl (C=O) groups is 4. The SMILES string of the molecule is C=CC(=O)N1CC(C)N(c2nc(=O)n(-c3c(C(C)C)ccnc3C(=O)N(C)C)c3nc(-c4ccccc4F)c(Cl)cc23)CC1C.C=CC(=O)N1CC(C)N(c2nc(=O)n(-c3c(C(C)C)nc(N)nc3C(C)C)c3nc(-c4ccccc4F)c(Cl)cc23)CC1C.C=CC(=O)N1CC(C)N(c2nc(=O)n(-c3c(C)ccnc3C(C)C)c3nc(-c4cscc4C)c(Cl)cc23)CC1C. The lowest BCUT2D eigenvalue weighted by atomic mass is 10.00. The van der Waals surface area contributed by atoms with E-state index in [1.54, 1.807) is 105 Å². The Balaban J connectivity index is 0.000000165. The number of hydrogen-bond donors (Lipinski definition) is 1. The van der Waals surface area contributed by atoms with Crippen LogP contribution in [-0.4, -0.2) is 196 Å². The minimum atomic E-state index is -0.695. The highest BCUT2D eigenvalue weighted by molar-refractivity contribution is 7.08. The van der Waals surface area contributed by atoms with Crippen LogP contribution in [0.2, 0.25) is 15.1 Å². The van der Waals surface area contributed by atoms with Gasteiger partial charge in [-0.05, 0) is 174 Å². The summed E-state index contributed by atoms with van der Waals surface area (Å²) in [6, 6.07) is 20.1. The quantitative estimate of drug-likeness (QED) is 0.0828. The van der Waals surface area contributed by atoms with Gasteiger partial charge in [-0.15, -0.1) is 0 Å². The minimum Gasteiger partial charge on any atom is -0.368 e. The maximum Gasteiger partial charge on any atom is 0.355 e. The smallest absolute Gasteiger partial charge is 0.355 e. The predicted molar refractivity (Wildman–Crippen MR) is 509 cm³/mol. The Morgan fingerprint density at radius 2 is 0.822 bits per heavy atom. The summed E-state index contributed by atoms with van der Waals surface area (Å²) in [5.41, 5.74) is 13.4. The Bertz CT molecular complexity index is 6650. The zero-order valence-electron chi connectivity index (χ0n) is 75.4. The van der Waals surface area contributed by atoms with E-state index in [0.717, 1.165) is 22.4 Å². The predicted octanol–water partition coefficient (Wildman–Crippen LogP) is 16.5. The summed E-state index contributed by atoms with van der Waals surface area (Å²) in [5.74, 6) is -0.927. The number of benzene rings is 2. The van der Waals surface area contributed by atoms with E-state index in [1.165, 1.54) is 50.6 Å². The van der Waals surface area contributed by atoms with Crippen molar-refractivity contribution in [3.63, 3.8) is 0 Å². The minimum absolute atomic E-state index is 0.0480. The van der Waals surface area contributed by atoms with Crippen molar-refractivity contribution in [1.82, 2.24) is 83.1 Å². The van der Waals surface area contributed by atoms with Crippen molar-refractivity contribution in [3.05, 3.63) is 238 Å². The molecule has 15 rings (SSSR count). The maximum atomic E-state index is 15.1. The van der Waals surface area contributed by atoms with Crippen LogP contribution in [0.5, 0.6) is 0 Å². The lowest BCUT2D eigenvalue weighted by molar-refractivity contribution is -0.129. The normalized spacial score (nSPS) is 17.1. The van der Waals surface area contributed by atoms with Gasteiger partial charge < -0.3 is 40.0 Å². The second-order valence-corrected chi connectivity index (χ2v) is 36.2. The molecule has 0 radical (unpaired) electrons. The number of piperazine rings is 3. The third kappa shape index (κ3) is 18.2. The number of amides is 4. The van der Waals surface area contributed by atoms with Crippen LogP contribution < -0.4 is 37.5 Å². The number of nitrogens with zero attached hydrogens (tertiary/aromatic N) is 20. The van der Waals surface area contributed by atoms with Crippen LogP contribution in [0.3, 0.4) is 0 Å². The molecule has 672 valence electrons. The fourth-order valence-electron chi connectivity index (χ4n) is 17.0. The number of nitrogen functional groups attached to an aromatic ring is 1. The van der Waals surface area contributed by atoms with Crippen molar-refractivity contribution in [2.45, 2.75) is 171 Å². The molecule has 0 saturated carbocycles. The Hall–Kier alpha value is -12.6. The molecule has 0 bridgehead atoms. The molecular weight excluding hydrogens is 1720 g/mol. The summed E-state index contributed by atoms with van der Waals surface area (Å²) in [7, 11) is 3.21. The molecule has 10 aromatic heterocycles. The maximum absolute atomic E-state index is 15.1. The van der Waals surface area contributed by atoms with E-state index >= 15 is 8.78 Å². The van der Waals surface area contributed by atoms with E-state index < -0.39 is 34.6 Å². The number of halogens is 5. The van der Waals surface area contributed by atoms with E-state index in [2.05, 4.69) is 78.8 Å². The van der Waals surface area contributed by atoms with Crippen molar-refractivity contribution < 1.29 is 28.0 Å². The zero-order valence-corrected chi connectivity index (χ0v) is 78.4. The molecule has 3 saturated heterocycles. The molecule has 6 atom stereocenters. The first-order valence-electron chi connectivity index (χ1n) is 42.6. The van der Waals surface area contributed by atoms with Crippen molar-refractivity contribution >= 4 is 126 Å². The Morgan fingerprint density at radius 1 is 0.457 bits per heavy atom. The number of anilines is 4. The van der Waals surface area contributed by atoms with Crippen molar-refractivity contribution in [2.24, 2.45) is 0 Å². The molecule has 4 amide bonds. The lowest BCUT2D eigenvalue weighted by Gasteiger charge is -2.44. The van der Waals surface area contributed by atoms with Gasteiger partial charge >= 0.3 is 17.1 Å². The second kappa shape index (κ2) is 38.4. The highest BCUT2D eigenvalue weighted by Crippen LogP contribution is 2.43. The number of aryl methyl sites for hydroxylation is 2. The van der Waals surface area contributed by atoms with Crippen LogP contribution in [0, 0.1) is 25.5 Å². The molecule has 3 fully saturated rings. The van der Waals surface area contributed by atoms with Gasteiger partial charge in [0.2, 0.25) is 23.7 Å². The molecule has 34 heteroatoms. The summed E-state index contributed by atoms with van der Waals surface area (Å²) < 4.78 is 34.4. The largest absolute Gasteiger partial charge is 0.368 e. The zero-order chi connectivity index (χ0) is 93.6. The molecule has 0 spiro atoms. The Kier molecular flexibility index (Phi) is 28.0. The summed E-state index contributed by atoms with van der Waals surface area (Å²) in [4.78, 5) is 153. The van der Waals surface area contributed by atoms with E-state index in [0.29, 0.717) is 118 Å². The number of pyridine rings is 5.